The molecule has 0 N–H and O–H groups in total. The number of alkyl halides is 1. The first-order valence-corrected chi connectivity index (χ1v) is 7.21. The van der Waals surface area contributed by atoms with Crippen molar-refractivity contribution in [2.45, 2.75) is 6.10 Å². The molecule has 3 aromatic carbocycles. The van der Waals surface area contributed by atoms with Gasteiger partial charge in [0.05, 0.1) is 5.88 Å². The van der Waals surface area contributed by atoms with Crippen LogP contribution in [0.3, 0.4) is 0 Å². The lowest BCUT2D eigenvalue weighted by molar-refractivity contribution is 0.110. The molecule has 0 bridgehead atoms. The normalized spacial score (nSPS) is 17.6. The Balaban J connectivity index is 2.13. The van der Waals surface area contributed by atoms with Gasteiger partial charge in [0, 0.05) is 10.8 Å². The topological polar surface area (TPSA) is 18.5 Å². The average Bonchev–Trinajstić information content (AvgIpc) is 2.54. The molecule has 0 fully saturated rings. The van der Waals surface area contributed by atoms with Crippen molar-refractivity contribution >= 4 is 33.1 Å². The zero-order valence-electron chi connectivity index (χ0n) is 10.8. The van der Waals surface area contributed by atoms with E-state index in [0.29, 0.717) is 12.5 Å². The molecule has 2 nitrogen and oxygen atoms in total. The number of ether oxygens (including phenoxy) is 2. The molecule has 3 heteroatoms. The predicted octanol–water partition coefficient (Wildman–Crippen LogP) is 4.37. The van der Waals surface area contributed by atoms with Gasteiger partial charge in [-0.15, -0.1) is 11.6 Å². The Kier molecular flexibility index (Phi) is 2.71. The van der Waals surface area contributed by atoms with Crippen molar-refractivity contribution in [2.75, 3.05) is 12.5 Å². The Labute approximate surface area is 121 Å². The summed E-state index contributed by atoms with van der Waals surface area (Å²) in [5.41, 5.74) is 0. The highest BCUT2D eigenvalue weighted by Gasteiger charge is 2.25. The van der Waals surface area contributed by atoms with Crippen LogP contribution in [0.5, 0.6) is 11.5 Å². The van der Waals surface area contributed by atoms with Crippen LogP contribution in [0, 0.1) is 0 Å². The van der Waals surface area contributed by atoms with Gasteiger partial charge in [-0.1, -0.05) is 48.5 Å². The van der Waals surface area contributed by atoms with Gasteiger partial charge in [-0.05, 0) is 10.8 Å². The number of benzene rings is 3. The van der Waals surface area contributed by atoms with Crippen molar-refractivity contribution in [1.29, 1.82) is 0 Å². The highest BCUT2D eigenvalue weighted by atomic mass is 35.5. The zero-order chi connectivity index (χ0) is 13.5. The van der Waals surface area contributed by atoms with Gasteiger partial charge in [0.2, 0.25) is 0 Å². The molecule has 3 aromatic rings. The quantitative estimate of drug-likeness (QED) is 0.488. The number of fused-ring (bicyclic) bond motifs is 6. The van der Waals surface area contributed by atoms with Gasteiger partial charge in [-0.2, -0.15) is 0 Å². The van der Waals surface area contributed by atoms with Crippen molar-refractivity contribution in [3.8, 4) is 11.5 Å². The van der Waals surface area contributed by atoms with E-state index < -0.39 is 0 Å². The van der Waals surface area contributed by atoms with E-state index in [9.17, 15) is 0 Å². The van der Waals surface area contributed by atoms with Crippen molar-refractivity contribution < 1.29 is 9.47 Å². The molecular weight excluding hydrogens is 272 g/mol. The highest BCUT2D eigenvalue weighted by Crippen LogP contribution is 2.45. The van der Waals surface area contributed by atoms with E-state index in [1.807, 2.05) is 24.3 Å². The van der Waals surface area contributed by atoms with Gasteiger partial charge in [0.1, 0.15) is 12.7 Å². The molecular formula is C17H13ClO2. The molecule has 0 amide bonds. The summed E-state index contributed by atoms with van der Waals surface area (Å²) in [5, 5.41) is 4.54. The van der Waals surface area contributed by atoms with E-state index >= 15 is 0 Å². The maximum absolute atomic E-state index is 6.05. The van der Waals surface area contributed by atoms with Gasteiger partial charge >= 0.3 is 0 Å². The van der Waals surface area contributed by atoms with Crippen molar-refractivity contribution in [2.24, 2.45) is 0 Å². The number of hydrogen-bond donors (Lipinski definition) is 0. The molecule has 1 aliphatic heterocycles. The first kappa shape index (κ1) is 11.9. The molecule has 0 radical (unpaired) electrons. The number of halogens is 1. The minimum Gasteiger partial charge on any atom is -0.485 e. The summed E-state index contributed by atoms with van der Waals surface area (Å²) in [6.07, 6.45) is -0.0891. The summed E-state index contributed by atoms with van der Waals surface area (Å²) in [5.74, 6) is 2.08. The van der Waals surface area contributed by atoms with Gasteiger partial charge in [-0.3, -0.25) is 0 Å². The predicted molar refractivity (Wildman–Crippen MR) is 82.1 cm³/mol. The van der Waals surface area contributed by atoms with Gasteiger partial charge < -0.3 is 9.47 Å². The number of rotatable bonds is 1. The van der Waals surface area contributed by atoms with Crippen LogP contribution in [0.25, 0.3) is 21.5 Å². The second-order valence-corrected chi connectivity index (χ2v) is 5.26. The van der Waals surface area contributed by atoms with Crippen LogP contribution in [-0.4, -0.2) is 18.6 Å². The summed E-state index contributed by atoms with van der Waals surface area (Å²) < 4.78 is 12.0. The van der Waals surface area contributed by atoms with Gasteiger partial charge in [-0.25, -0.2) is 0 Å². The monoisotopic (exact) mass is 284 g/mol. The third-order valence-electron chi connectivity index (χ3n) is 3.71. The minimum absolute atomic E-state index is 0.0891. The summed E-state index contributed by atoms with van der Waals surface area (Å²) in [6, 6.07) is 16.5. The van der Waals surface area contributed by atoms with Gasteiger partial charge in [0.25, 0.3) is 0 Å². The lowest BCUT2D eigenvalue weighted by Crippen LogP contribution is -2.30. The Morgan fingerprint density at radius 2 is 1.40 bits per heavy atom. The van der Waals surface area contributed by atoms with Crippen LogP contribution in [0.4, 0.5) is 0 Å². The fourth-order valence-corrected chi connectivity index (χ4v) is 2.94. The summed E-state index contributed by atoms with van der Waals surface area (Å²) >= 11 is 5.91. The maximum Gasteiger partial charge on any atom is 0.170 e. The second-order valence-electron chi connectivity index (χ2n) is 4.95. The molecule has 1 heterocycles. The fourth-order valence-electron chi connectivity index (χ4n) is 2.79. The Morgan fingerprint density at radius 3 is 2.00 bits per heavy atom. The van der Waals surface area contributed by atoms with E-state index in [1.54, 1.807) is 0 Å². The molecule has 0 saturated carbocycles. The van der Waals surface area contributed by atoms with E-state index in [1.165, 1.54) is 10.8 Å². The molecule has 100 valence electrons. The third kappa shape index (κ3) is 1.65. The van der Waals surface area contributed by atoms with Crippen LogP contribution >= 0.6 is 11.6 Å². The fraction of sp³-hybridized carbons (Fsp3) is 0.176. The molecule has 4 rings (SSSR count). The second kappa shape index (κ2) is 4.57. The molecule has 0 saturated heterocycles. The lowest BCUT2D eigenvalue weighted by atomic mass is 9.99. The molecule has 1 atom stereocenters. The molecule has 20 heavy (non-hydrogen) atoms. The Morgan fingerprint density at radius 1 is 0.850 bits per heavy atom. The average molecular weight is 285 g/mol. The van der Waals surface area contributed by atoms with E-state index in [2.05, 4.69) is 24.3 Å². The molecule has 1 unspecified atom stereocenters. The summed E-state index contributed by atoms with van der Waals surface area (Å²) in [4.78, 5) is 0. The largest absolute Gasteiger partial charge is 0.485 e. The van der Waals surface area contributed by atoms with Crippen LogP contribution in [0.1, 0.15) is 0 Å². The van der Waals surface area contributed by atoms with Crippen LogP contribution in [0.15, 0.2) is 48.5 Å². The summed E-state index contributed by atoms with van der Waals surface area (Å²) in [7, 11) is 0. The SMILES string of the molecule is ClCC1COc2c(c3ccccc3c3ccccc23)O1. The highest BCUT2D eigenvalue weighted by molar-refractivity contribution is 6.18. The first-order valence-electron chi connectivity index (χ1n) is 6.67. The summed E-state index contributed by atoms with van der Waals surface area (Å²) in [6.45, 7) is 0.499. The van der Waals surface area contributed by atoms with E-state index in [0.717, 1.165) is 22.3 Å². The van der Waals surface area contributed by atoms with E-state index in [-0.39, 0.29) is 6.10 Å². The van der Waals surface area contributed by atoms with Crippen LogP contribution < -0.4 is 9.47 Å². The standard InChI is InChI=1S/C17H13ClO2/c18-9-11-10-19-16-14-7-3-1-5-12(14)13-6-2-4-8-15(13)17(16)20-11/h1-8,11H,9-10H2. The van der Waals surface area contributed by atoms with Crippen molar-refractivity contribution in [3.05, 3.63) is 48.5 Å². The first-order chi connectivity index (χ1) is 9.88. The molecule has 0 spiro atoms. The maximum atomic E-state index is 6.05. The van der Waals surface area contributed by atoms with Gasteiger partial charge in [0.15, 0.2) is 11.5 Å². The molecule has 0 aliphatic carbocycles. The van der Waals surface area contributed by atoms with E-state index in [4.69, 9.17) is 21.1 Å². The minimum atomic E-state index is -0.0891. The van der Waals surface area contributed by atoms with Crippen LogP contribution in [-0.2, 0) is 0 Å². The molecule has 1 aliphatic rings. The van der Waals surface area contributed by atoms with Crippen molar-refractivity contribution in [1.82, 2.24) is 0 Å². The molecule has 0 aromatic heterocycles. The smallest absolute Gasteiger partial charge is 0.170 e. The lowest BCUT2D eigenvalue weighted by Gasteiger charge is -2.27. The Hall–Kier alpha value is -1.93. The van der Waals surface area contributed by atoms with Crippen molar-refractivity contribution in [3.63, 3.8) is 0 Å². The zero-order valence-corrected chi connectivity index (χ0v) is 11.6. The Bertz CT molecular complexity index is 797. The third-order valence-corrected chi connectivity index (χ3v) is 4.05. The van der Waals surface area contributed by atoms with Crippen LogP contribution in [0.2, 0.25) is 0 Å². The number of hydrogen-bond acceptors (Lipinski definition) is 2.